The van der Waals surface area contributed by atoms with E-state index in [1.807, 2.05) is 0 Å². The Labute approximate surface area is 125 Å². The van der Waals surface area contributed by atoms with E-state index in [-0.39, 0.29) is 5.92 Å². The molecule has 120 valence electrons. The Morgan fingerprint density at radius 1 is 1.29 bits per heavy atom. The van der Waals surface area contributed by atoms with Crippen molar-refractivity contribution in [1.82, 2.24) is 4.72 Å². The zero-order valence-corrected chi connectivity index (χ0v) is 13.2. The number of aromatic hydroxyl groups is 1. The molecule has 1 unspecified atom stereocenters. The first-order valence-corrected chi connectivity index (χ1v) is 7.63. The third-order valence-electron chi connectivity index (χ3n) is 3.32. The summed E-state index contributed by atoms with van der Waals surface area (Å²) in [5.74, 6) is -0.690. The van der Waals surface area contributed by atoms with Gasteiger partial charge in [-0.1, -0.05) is 6.92 Å². The summed E-state index contributed by atoms with van der Waals surface area (Å²) in [7, 11) is 0.274. The number of halogens is 3. The van der Waals surface area contributed by atoms with Crippen molar-refractivity contribution in [2.75, 3.05) is 7.05 Å². The van der Waals surface area contributed by atoms with Gasteiger partial charge in [0.2, 0.25) is 0 Å². The van der Waals surface area contributed by atoms with E-state index >= 15 is 0 Å². The van der Waals surface area contributed by atoms with Crippen LogP contribution in [0.3, 0.4) is 0 Å². The number of rotatable bonds is 5. The average molecular weight is 323 g/mol. The fourth-order valence-corrected chi connectivity index (χ4v) is 3.24. The van der Waals surface area contributed by atoms with Gasteiger partial charge in [0.25, 0.3) is 0 Å². The Bertz CT molecular complexity index is 529. The second-order valence-electron chi connectivity index (χ2n) is 5.65. The molecule has 0 bridgehead atoms. The van der Waals surface area contributed by atoms with Crippen molar-refractivity contribution < 1.29 is 22.5 Å². The van der Waals surface area contributed by atoms with Gasteiger partial charge in [-0.15, -0.1) is 0 Å². The highest BCUT2D eigenvalue weighted by atomic mass is 32.2. The molecule has 0 aromatic heterocycles. The summed E-state index contributed by atoms with van der Waals surface area (Å²) in [4.78, 5) is 0. The predicted molar refractivity (Wildman–Crippen MR) is 77.4 cm³/mol. The molecular formula is C14H20F3NO2S. The first kappa shape index (κ1) is 18.0. The number of hydrogen-bond acceptors (Lipinski definition) is 2. The predicted octanol–water partition coefficient (Wildman–Crippen LogP) is 3.57. The van der Waals surface area contributed by atoms with Gasteiger partial charge < -0.3 is 5.11 Å². The number of alkyl halides is 3. The largest absolute Gasteiger partial charge is 0.508 e. The highest BCUT2D eigenvalue weighted by Gasteiger charge is 2.33. The SMILES string of the molecule is CNS(=O)C(C)(C)C[C@@H](C)c1cc(O)cc(C(F)(F)F)c1. The van der Waals surface area contributed by atoms with Crippen LogP contribution in [-0.4, -0.2) is 21.1 Å². The lowest BCUT2D eigenvalue weighted by molar-refractivity contribution is -0.137. The van der Waals surface area contributed by atoms with E-state index < -0.39 is 33.2 Å². The first-order chi connectivity index (χ1) is 9.47. The number of phenolic OH excluding ortho intramolecular Hbond substituents is 1. The smallest absolute Gasteiger partial charge is 0.416 e. The molecule has 1 aromatic carbocycles. The topological polar surface area (TPSA) is 49.3 Å². The number of hydrogen-bond donors (Lipinski definition) is 2. The minimum atomic E-state index is -4.50. The minimum absolute atomic E-state index is 0.273. The second-order valence-corrected chi connectivity index (χ2v) is 7.70. The Morgan fingerprint density at radius 3 is 2.33 bits per heavy atom. The average Bonchev–Trinajstić information content (AvgIpc) is 2.35. The van der Waals surface area contributed by atoms with Crippen LogP contribution in [0.4, 0.5) is 13.2 Å². The first-order valence-electron chi connectivity index (χ1n) is 6.48. The summed E-state index contributed by atoms with van der Waals surface area (Å²) >= 11 is 0. The van der Waals surface area contributed by atoms with E-state index in [1.165, 1.54) is 6.07 Å². The van der Waals surface area contributed by atoms with Crippen LogP contribution in [0.2, 0.25) is 0 Å². The standard InChI is InChI=1S/C14H20F3NO2S/c1-9(8-13(2,3)21(20)18-4)10-5-11(14(15,16)17)7-12(19)6-10/h5-7,9,18-19H,8H2,1-4H3/t9-,21?/m1/s1. The molecule has 2 N–H and O–H groups in total. The molecule has 0 amide bonds. The maximum Gasteiger partial charge on any atom is 0.416 e. The van der Waals surface area contributed by atoms with Crippen LogP contribution in [0.5, 0.6) is 5.75 Å². The molecule has 0 aliphatic heterocycles. The van der Waals surface area contributed by atoms with E-state index in [9.17, 15) is 22.5 Å². The van der Waals surface area contributed by atoms with E-state index in [0.717, 1.165) is 6.07 Å². The van der Waals surface area contributed by atoms with Gasteiger partial charge >= 0.3 is 6.18 Å². The number of phenols is 1. The van der Waals surface area contributed by atoms with Crippen LogP contribution in [0.25, 0.3) is 0 Å². The van der Waals surface area contributed by atoms with Gasteiger partial charge in [0, 0.05) is 0 Å². The normalized spacial score (nSPS) is 15.8. The molecule has 0 aliphatic rings. The molecule has 0 fully saturated rings. The van der Waals surface area contributed by atoms with Crippen LogP contribution in [-0.2, 0) is 17.2 Å². The van der Waals surface area contributed by atoms with E-state index in [4.69, 9.17) is 0 Å². The molecular weight excluding hydrogens is 303 g/mol. The molecule has 2 atom stereocenters. The maximum absolute atomic E-state index is 12.8. The van der Waals surface area contributed by atoms with Crippen molar-refractivity contribution >= 4 is 11.0 Å². The van der Waals surface area contributed by atoms with Crippen molar-refractivity contribution in [3.05, 3.63) is 29.3 Å². The third-order valence-corrected chi connectivity index (χ3v) is 4.86. The fourth-order valence-electron chi connectivity index (χ4n) is 2.29. The molecule has 0 saturated heterocycles. The molecule has 0 radical (unpaired) electrons. The molecule has 0 aliphatic carbocycles. The quantitative estimate of drug-likeness (QED) is 0.870. The number of nitrogens with one attached hydrogen (secondary N) is 1. The van der Waals surface area contributed by atoms with Crippen molar-refractivity contribution in [3.8, 4) is 5.75 Å². The van der Waals surface area contributed by atoms with Crippen LogP contribution in [0, 0.1) is 0 Å². The minimum Gasteiger partial charge on any atom is -0.508 e. The zero-order valence-electron chi connectivity index (χ0n) is 12.4. The van der Waals surface area contributed by atoms with E-state index in [2.05, 4.69) is 4.72 Å². The van der Waals surface area contributed by atoms with Crippen molar-refractivity contribution in [3.63, 3.8) is 0 Å². The summed E-state index contributed by atoms with van der Waals surface area (Å²) in [6.07, 6.45) is -4.09. The summed E-state index contributed by atoms with van der Waals surface area (Å²) in [6, 6.07) is 3.05. The summed E-state index contributed by atoms with van der Waals surface area (Å²) < 4.78 is 52.2. The lowest BCUT2D eigenvalue weighted by Crippen LogP contribution is -2.35. The fraction of sp³-hybridized carbons (Fsp3) is 0.571. The summed E-state index contributed by atoms with van der Waals surface area (Å²) in [5, 5.41) is 9.49. The molecule has 21 heavy (non-hydrogen) atoms. The van der Waals surface area contributed by atoms with E-state index in [0.29, 0.717) is 18.1 Å². The maximum atomic E-state index is 12.8. The van der Waals surface area contributed by atoms with Crippen molar-refractivity contribution in [1.29, 1.82) is 0 Å². The Hall–Kier alpha value is -1.08. The Kier molecular flexibility index (Phi) is 5.44. The Balaban J connectivity index is 3.06. The third kappa shape index (κ3) is 4.71. The van der Waals surface area contributed by atoms with Gasteiger partial charge in [-0.05, 0) is 57.0 Å². The molecule has 0 saturated carbocycles. The van der Waals surface area contributed by atoms with Crippen molar-refractivity contribution in [2.45, 2.75) is 44.0 Å². The van der Waals surface area contributed by atoms with Crippen LogP contribution < -0.4 is 4.72 Å². The van der Waals surface area contributed by atoms with Gasteiger partial charge in [-0.25, -0.2) is 8.93 Å². The van der Waals surface area contributed by atoms with Crippen LogP contribution >= 0.6 is 0 Å². The lowest BCUT2D eigenvalue weighted by Gasteiger charge is -2.27. The zero-order chi connectivity index (χ0) is 16.4. The second kappa shape index (κ2) is 6.36. The monoisotopic (exact) mass is 323 g/mol. The molecule has 1 rings (SSSR count). The molecule has 1 aromatic rings. The van der Waals surface area contributed by atoms with Gasteiger partial charge in [0.05, 0.1) is 21.3 Å². The molecule has 7 heteroatoms. The highest BCUT2D eigenvalue weighted by Crippen LogP contribution is 2.36. The molecule has 3 nitrogen and oxygen atoms in total. The highest BCUT2D eigenvalue weighted by molar-refractivity contribution is 7.84. The van der Waals surface area contributed by atoms with Crippen LogP contribution in [0.15, 0.2) is 18.2 Å². The summed E-state index contributed by atoms with van der Waals surface area (Å²) in [5.41, 5.74) is -0.500. The molecule has 0 heterocycles. The van der Waals surface area contributed by atoms with Gasteiger partial charge in [0.15, 0.2) is 0 Å². The van der Waals surface area contributed by atoms with Crippen molar-refractivity contribution in [2.24, 2.45) is 0 Å². The lowest BCUT2D eigenvalue weighted by atomic mass is 9.90. The number of benzene rings is 1. The van der Waals surface area contributed by atoms with E-state index in [1.54, 1.807) is 27.8 Å². The summed E-state index contributed by atoms with van der Waals surface area (Å²) in [6.45, 7) is 5.32. The Morgan fingerprint density at radius 2 is 1.86 bits per heavy atom. The van der Waals surface area contributed by atoms with Gasteiger partial charge in [-0.3, -0.25) is 0 Å². The molecule has 0 spiro atoms. The van der Waals surface area contributed by atoms with Crippen LogP contribution in [0.1, 0.15) is 44.2 Å². The van der Waals surface area contributed by atoms with Gasteiger partial charge in [-0.2, -0.15) is 13.2 Å². The van der Waals surface area contributed by atoms with Gasteiger partial charge in [0.1, 0.15) is 5.75 Å².